The highest BCUT2D eigenvalue weighted by Crippen LogP contribution is 2.15. The maximum absolute atomic E-state index is 5.35. The molecule has 16 heavy (non-hydrogen) atoms. The SMILES string of the molecule is COCC1OCCC1OC.COCCOC. The van der Waals surface area contributed by atoms with Gasteiger partial charge in [-0.3, -0.25) is 0 Å². The topological polar surface area (TPSA) is 46.2 Å². The Morgan fingerprint density at radius 2 is 1.62 bits per heavy atom. The van der Waals surface area contributed by atoms with Crippen LogP contribution < -0.4 is 0 Å². The molecule has 0 aromatic heterocycles. The van der Waals surface area contributed by atoms with Gasteiger partial charge in [-0.2, -0.15) is 0 Å². The average molecular weight is 236 g/mol. The molecule has 0 aliphatic carbocycles. The molecule has 1 aliphatic rings. The second-order valence-corrected chi connectivity index (χ2v) is 3.41. The van der Waals surface area contributed by atoms with Crippen LogP contribution in [-0.2, 0) is 23.7 Å². The van der Waals surface area contributed by atoms with Crippen molar-refractivity contribution in [2.24, 2.45) is 0 Å². The highest BCUT2D eigenvalue weighted by atomic mass is 16.6. The van der Waals surface area contributed by atoms with Crippen molar-refractivity contribution < 1.29 is 23.7 Å². The largest absolute Gasteiger partial charge is 0.382 e. The fourth-order valence-corrected chi connectivity index (χ4v) is 1.38. The van der Waals surface area contributed by atoms with Gasteiger partial charge in [0, 0.05) is 35.0 Å². The van der Waals surface area contributed by atoms with Crippen LogP contribution in [0.25, 0.3) is 0 Å². The Morgan fingerprint density at radius 3 is 2.06 bits per heavy atom. The first-order valence-corrected chi connectivity index (χ1v) is 5.41. The predicted octanol–water partition coefficient (Wildman–Crippen LogP) is 0.716. The summed E-state index contributed by atoms with van der Waals surface area (Å²) < 4.78 is 24.8. The quantitative estimate of drug-likeness (QED) is 0.636. The molecule has 1 saturated heterocycles. The van der Waals surface area contributed by atoms with Gasteiger partial charge in [0.1, 0.15) is 6.10 Å². The Balaban J connectivity index is 0.000000325. The smallest absolute Gasteiger partial charge is 0.107 e. The first-order chi connectivity index (χ1) is 7.79. The second-order valence-electron chi connectivity index (χ2n) is 3.41. The zero-order chi connectivity index (χ0) is 12.2. The molecule has 0 spiro atoms. The molecule has 1 rings (SSSR count). The van der Waals surface area contributed by atoms with E-state index >= 15 is 0 Å². The molecule has 0 amide bonds. The molecule has 2 unspecified atom stereocenters. The van der Waals surface area contributed by atoms with Gasteiger partial charge in [0.05, 0.1) is 25.9 Å². The summed E-state index contributed by atoms with van der Waals surface area (Å²) in [6.07, 6.45) is 1.37. The monoisotopic (exact) mass is 236 g/mol. The van der Waals surface area contributed by atoms with Gasteiger partial charge in [0.25, 0.3) is 0 Å². The molecule has 5 nitrogen and oxygen atoms in total. The van der Waals surface area contributed by atoms with Crippen LogP contribution in [0.4, 0.5) is 0 Å². The average Bonchev–Trinajstić information content (AvgIpc) is 2.75. The van der Waals surface area contributed by atoms with Crippen molar-refractivity contribution in [1.29, 1.82) is 0 Å². The van der Waals surface area contributed by atoms with Crippen molar-refractivity contribution in [3.63, 3.8) is 0 Å². The molecule has 0 aromatic rings. The van der Waals surface area contributed by atoms with Gasteiger partial charge in [-0.1, -0.05) is 0 Å². The van der Waals surface area contributed by atoms with E-state index in [4.69, 9.17) is 14.2 Å². The van der Waals surface area contributed by atoms with Crippen molar-refractivity contribution in [2.75, 3.05) is 54.9 Å². The number of ether oxygens (including phenoxy) is 5. The molecule has 5 heteroatoms. The number of methoxy groups -OCH3 is 4. The lowest BCUT2D eigenvalue weighted by Crippen LogP contribution is -2.27. The molecule has 1 heterocycles. The minimum Gasteiger partial charge on any atom is -0.382 e. The van der Waals surface area contributed by atoms with E-state index in [1.54, 1.807) is 28.4 Å². The minimum absolute atomic E-state index is 0.148. The third kappa shape index (κ3) is 7.14. The Labute approximate surface area is 98.0 Å². The van der Waals surface area contributed by atoms with Gasteiger partial charge in [0.15, 0.2) is 0 Å². The van der Waals surface area contributed by atoms with E-state index in [9.17, 15) is 0 Å². The Hall–Kier alpha value is -0.200. The van der Waals surface area contributed by atoms with Crippen LogP contribution in [0, 0.1) is 0 Å². The molecule has 0 bridgehead atoms. The molecule has 0 radical (unpaired) electrons. The van der Waals surface area contributed by atoms with Gasteiger partial charge in [-0.15, -0.1) is 0 Å². The summed E-state index contributed by atoms with van der Waals surface area (Å²) >= 11 is 0. The Morgan fingerprint density at radius 1 is 1.00 bits per heavy atom. The van der Waals surface area contributed by atoms with Crippen LogP contribution in [0.1, 0.15) is 6.42 Å². The van der Waals surface area contributed by atoms with E-state index in [1.165, 1.54) is 0 Å². The minimum atomic E-state index is 0.148. The maximum Gasteiger partial charge on any atom is 0.107 e. The van der Waals surface area contributed by atoms with Gasteiger partial charge < -0.3 is 23.7 Å². The lowest BCUT2D eigenvalue weighted by Gasteiger charge is -2.15. The van der Waals surface area contributed by atoms with E-state index in [0.717, 1.165) is 13.0 Å². The van der Waals surface area contributed by atoms with Crippen molar-refractivity contribution in [2.45, 2.75) is 18.6 Å². The Kier molecular flexibility index (Phi) is 11.1. The van der Waals surface area contributed by atoms with Crippen LogP contribution in [0.5, 0.6) is 0 Å². The van der Waals surface area contributed by atoms with Crippen molar-refractivity contribution in [3.05, 3.63) is 0 Å². The van der Waals surface area contributed by atoms with Crippen molar-refractivity contribution in [1.82, 2.24) is 0 Å². The van der Waals surface area contributed by atoms with E-state index in [2.05, 4.69) is 9.47 Å². The van der Waals surface area contributed by atoms with Crippen molar-refractivity contribution in [3.8, 4) is 0 Å². The summed E-state index contributed by atoms with van der Waals surface area (Å²) in [5.41, 5.74) is 0. The molecule has 1 aliphatic heterocycles. The predicted molar refractivity (Wildman–Crippen MR) is 60.8 cm³/mol. The summed E-state index contributed by atoms with van der Waals surface area (Å²) in [7, 11) is 6.69. The van der Waals surface area contributed by atoms with E-state index in [-0.39, 0.29) is 12.2 Å². The van der Waals surface area contributed by atoms with Gasteiger partial charge in [-0.25, -0.2) is 0 Å². The summed E-state index contributed by atoms with van der Waals surface area (Å²) in [5, 5.41) is 0. The number of hydrogen-bond donors (Lipinski definition) is 0. The first kappa shape index (κ1) is 15.8. The summed E-state index contributed by atoms with van der Waals surface area (Å²) in [6.45, 7) is 2.82. The molecule has 98 valence electrons. The molecular weight excluding hydrogens is 212 g/mol. The first-order valence-electron chi connectivity index (χ1n) is 5.41. The number of rotatable bonds is 6. The van der Waals surface area contributed by atoms with E-state index < -0.39 is 0 Å². The fourth-order valence-electron chi connectivity index (χ4n) is 1.38. The number of hydrogen-bond acceptors (Lipinski definition) is 5. The Bertz CT molecular complexity index is 138. The van der Waals surface area contributed by atoms with Crippen LogP contribution in [-0.4, -0.2) is 67.1 Å². The molecule has 2 atom stereocenters. The third-order valence-electron chi connectivity index (χ3n) is 2.27. The van der Waals surface area contributed by atoms with Crippen LogP contribution in [0.15, 0.2) is 0 Å². The van der Waals surface area contributed by atoms with Crippen molar-refractivity contribution >= 4 is 0 Å². The van der Waals surface area contributed by atoms with Gasteiger partial charge in [-0.05, 0) is 6.42 Å². The zero-order valence-electron chi connectivity index (χ0n) is 10.7. The van der Waals surface area contributed by atoms with E-state index in [1.807, 2.05) is 0 Å². The standard InChI is InChI=1S/C7H14O3.C4H10O2/c1-8-5-7-6(9-2)3-4-10-7;1-5-3-4-6-2/h6-7H,3-5H2,1-2H3;3-4H2,1-2H3. The zero-order valence-corrected chi connectivity index (χ0v) is 10.7. The summed E-state index contributed by atoms with van der Waals surface area (Å²) in [5.74, 6) is 0. The third-order valence-corrected chi connectivity index (χ3v) is 2.27. The molecular formula is C11H24O5. The van der Waals surface area contributed by atoms with Gasteiger partial charge >= 0.3 is 0 Å². The van der Waals surface area contributed by atoms with Crippen LogP contribution >= 0.6 is 0 Å². The lowest BCUT2D eigenvalue weighted by atomic mass is 10.2. The molecule has 1 fully saturated rings. The van der Waals surface area contributed by atoms with Crippen LogP contribution in [0.3, 0.4) is 0 Å². The molecule has 0 saturated carbocycles. The lowest BCUT2D eigenvalue weighted by molar-refractivity contribution is -0.0259. The second kappa shape index (κ2) is 11.3. The fraction of sp³-hybridized carbons (Fsp3) is 1.00. The van der Waals surface area contributed by atoms with Crippen LogP contribution in [0.2, 0.25) is 0 Å². The summed E-state index contributed by atoms with van der Waals surface area (Å²) in [6, 6.07) is 0. The van der Waals surface area contributed by atoms with E-state index in [0.29, 0.717) is 19.8 Å². The maximum atomic E-state index is 5.35. The molecule has 0 aromatic carbocycles. The highest BCUT2D eigenvalue weighted by molar-refractivity contribution is 4.75. The highest BCUT2D eigenvalue weighted by Gasteiger charge is 2.27. The van der Waals surface area contributed by atoms with Gasteiger partial charge in [0.2, 0.25) is 0 Å². The molecule has 0 N–H and O–H groups in total. The normalized spacial score (nSPS) is 24.0. The summed E-state index contributed by atoms with van der Waals surface area (Å²) in [4.78, 5) is 0.